The van der Waals surface area contributed by atoms with Crippen molar-refractivity contribution in [3.05, 3.63) is 116 Å². The number of hydrogen-bond acceptors (Lipinski definition) is 8. The predicted molar refractivity (Wildman–Crippen MR) is 194 cm³/mol. The van der Waals surface area contributed by atoms with Crippen molar-refractivity contribution < 1.29 is 44.7 Å². The molecule has 52 heavy (non-hydrogen) atoms. The van der Waals surface area contributed by atoms with Crippen molar-refractivity contribution in [3.8, 4) is 23.0 Å². The minimum atomic E-state index is -3.81. The van der Waals surface area contributed by atoms with Crippen molar-refractivity contribution in [2.45, 2.75) is 51.4 Å². The van der Waals surface area contributed by atoms with Crippen LogP contribution in [0, 0.1) is 11.6 Å². The van der Waals surface area contributed by atoms with Crippen LogP contribution in [0.15, 0.2) is 60.7 Å². The third-order valence-electron chi connectivity index (χ3n) is 8.19. The van der Waals surface area contributed by atoms with Gasteiger partial charge in [0.15, 0.2) is 0 Å². The summed E-state index contributed by atoms with van der Waals surface area (Å²) < 4.78 is 87.9. The van der Waals surface area contributed by atoms with E-state index in [0.29, 0.717) is 11.5 Å². The second-order valence-corrected chi connectivity index (χ2v) is 16.7. The van der Waals surface area contributed by atoms with Gasteiger partial charge in [0.25, 0.3) is 11.8 Å². The topological polar surface area (TPSA) is 145 Å². The summed E-state index contributed by atoms with van der Waals surface area (Å²) in [4.78, 5) is 24.0. The zero-order chi connectivity index (χ0) is 37.8. The van der Waals surface area contributed by atoms with Gasteiger partial charge in [0.1, 0.15) is 34.6 Å². The highest BCUT2D eigenvalue weighted by Crippen LogP contribution is 2.35. The molecule has 4 aromatic rings. The summed E-state index contributed by atoms with van der Waals surface area (Å²) >= 11 is 11.8. The molecule has 0 fully saturated rings. The van der Waals surface area contributed by atoms with E-state index in [-0.39, 0.29) is 27.1 Å². The van der Waals surface area contributed by atoms with Gasteiger partial charge in [-0.05, 0) is 110 Å². The number of halogens is 4. The minimum absolute atomic E-state index is 0.00257. The fourth-order valence-electron chi connectivity index (χ4n) is 5.82. The van der Waals surface area contributed by atoms with Crippen LogP contribution in [-0.4, -0.2) is 41.2 Å². The first-order valence-electron chi connectivity index (χ1n) is 16.1. The summed E-state index contributed by atoms with van der Waals surface area (Å²) in [7, 11) is -7.60. The molecule has 0 aromatic heterocycles. The zero-order valence-corrected chi connectivity index (χ0v) is 31.2. The number of sulfonamides is 2. The Morgan fingerprint density at radius 3 is 1.50 bits per heavy atom. The minimum Gasteiger partial charge on any atom is -0.456 e. The molecule has 4 aromatic carbocycles. The number of carbonyl (C=O) groups excluding carboxylic acids is 2. The molecule has 0 bridgehead atoms. The predicted octanol–water partition coefficient (Wildman–Crippen LogP) is 7.68. The van der Waals surface area contributed by atoms with Gasteiger partial charge in [0.2, 0.25) is 20.0 Å². The Morgan fingerprint density at radius 2 is 1.00 bits per heavy atom. The van der Waals surface area contributed by atoms with Crippen LogP contribution in [0.5, 0.6) is 23.0 Å². The molecule has 6 rings (SSSR count). The molecule has 0 atom stereocenters. The Kier molecular flexibility index (Phi) is 12.1. The maximum Gasteiger partial charge on any atom is 0.268 e. The molecule has 2 aliphatic carbocycles. The normalized spacial score (nSPS) is 13.8. The van der Waals surface area contributed by atoms with Crippen LogP contribution in [0.25, 0.3) is 0 Å². The molecular formula is C36H34Cl2F2N2O8S2. The summed E-state index contributed by atoms with van der Waals surface area (Å²) in [5.41, 5.74) is 4.26. The van der Waals surface area contributed by atoms with Crippen molar-refractivity contribution >= 4 is 55.1 Å². The average molecular weight is 796 g/mol. The van der Waals surface area contributed by atoms with E-state index in [2.05, 4.69) is 0 Å². The highest BCUT2D eigenvalue weighted by atomic mass is 35.5. The van der Waals surface area contributed by atoms with Crippen LogP contribution >= 0.6 is 23.2 Å². The summed E-state index contributed by atoms with van der Waals surface area (Å²) in [6, 6.07) is 15.3. The van der Waals surface area contributed by atoms with Gasteiger partial charge in [0, 0.05) is 12.1 Å². The van der Waals surface area contributed by atoms with E-state index in [4.69, 9.17) is 32.7 Å². The third kappa shape index (κ3) is 10.4. The maximum absolute atomic E-state index is 14.2. The fraction of sp³-hybridized carbons (Fsp3) is 0.278. The molecule has 0 saturated heterocycles. The molecule has 0 spiro atoms. The third-order valence-corrected chi connectivity index (χ3v) is 9.88. The first kappa shape index (κ1) is 39.0. The number of nitrogens with one attached hydrogen (secondary N) is 2. The number of fused-ring (bicyclic) bond motifs is 2. The summed E-state index contributed by atoms with van der Waals surface area (Å²) in [6.45, 7) is 0. The Morgan fingerprint density at radius 1 is 0.577 bits per heavy atom. The van der Waals surface area contributed by atoms with Crippen LogP contribution in [0.2, 0.25) is 10.0 Å². The quantitative estimate of drug-likeness (QED) is 0.185. The molecule has 2 N–H and O–H groups in total. The van der Waals surface area contributed by atoms with Crippen molar-refractivity contribution in [1.29, 1.82) is 0 Å². The van der Waals surface area contributed by atoms with Crippen molar-refractivity contribution in [2.75, 3.05) is 12.5 Å². The van der Waals surface area contributed by atoms with Gasteiger partial charge >= 0.3 is 0 Å². The zero-order valence-electron chi connectivity index (χ0n) is 28.0. The molecule has 0 unspecified atom stereocenters. The molecule has 276 valence electrons. The molecular weight excluding hydrogens is 761 g/mol. The van der Waals surface area contributed by atoms with Gasteiger partial charge in [0.05, 0.1) is 33.7 Å². The van der Waals surface area contributed by atoms with Crippen LogP contribution < -0.4 is 18.9 Å². The summed E-state index contributed by atoms with van der Waals surface area (Å²) in [5, 5.41) is -0.302. The molecule has 2 aliphatic rings. The molecule has 0 aliphatic heterocycles. The van der Waals surface area contributed by atoms with Crippen molar-refractivity contribution in [3.63, 3.8) is 0 Å². The number of benzene rings is 4. The number of amides is 2. The lowest BCUT2D eigenvalue weighted by atomic mass is 9.92. The van der Waals surface area contributed by atoms with E-state index in [1.54, 1.807) is 16.9 Å². The SMILES string of the molecule is CS(=O)(=O)NC(=O)c1cc(Cl)c(F)cc1Oc1ccc2c(c1)CCCC2.CS(=O)(=O)NC(=O)c1cc(Cl)c(Oc2ccc3c(c2)CCCC3)cc1F. The van der Waals surface area contributed by atoms with Gasteiger partial charge in [-0.2, -0.15) is 0 Å². The smallest absolute Gasteiger partial charge is 0.268 e. The Bertz CT molecular complexity index is 2270. The largest absolute Gasteiger partial charge is 0.456 e. The van der Waals surface area contributed by atoms with E-state index < -0.39 is 49.1 Å². The van der Waals surface area contributed by atoms with Gasteiger partial charge in [-0.1, -0.05) is 35.3 Å². The monoisotopic (exact) mass is 794 g/mol. The van der Waals surface area contributed by atoms with E-state index in [1.807, 2.05) is 29.0 Å². The van der Waals surface area contributed by atoms with Crippen molar-refractivity contribution in [1.82, 2.24) is 9.44 Å². The van der Waals surface area contributed by atoms with Crippen molar-refractivity contribution in [2.24, 2.45) is 0 Å². The number of aryl methyl sites for hydroxylation is 4. The lowest BCUT2D eigenvalue weighted by molar-refractivity contribution is 0.0969. The molecule has 0 saturated carbocycles. The van der Waals surface area contributed by atoms with Gasteiger partial charge < -0.3 is 9.47 Å². The number of carbonyl (C=O) groups is 2. The van der Waals surface area contributed by atoms with Crippen LogP contribution in [0.1, 0.15) is 68.7 Å². The number of rotatable bonds is 8. The second-order valence-electron chi connectivity index (χ2n) is 12.4. The van der Waals surface area contributed by atoms with E-state index in [0.717, 1.165) is 87.3 Å². The lowest BCUT2D eigenvalue weighted by Gasteiger charge is -2.17. The van der Waals surface area contributed by atoms with E-state index in [1.165, 1.54) is 23.1 Å². The molecule has 16 heteroatoms. The summed E-state index contributed by atoms with van der Waals surface area (Å²) in [6.07, 6.45) is 10.1. The molecule has 2 amide bonds. The van der Waals surface area contributed by atoms with Gasteiger partial charge in [-0.15, -0.1) is 0 Å². The van der Waals surface area contributed by atoms with Crippen LogP contribution in [0.3, 0.4) is 0 Å². The number of ether oxygens (including phenoxy) is 2. The standard InChI is InChI=1S/2C18H17ClFNO4S/c1-26(23,24)21-18(22)14-9-15(19)16(20)10-17(14)25-13-7-6-11-4-2-3-5-12(11)8-13;1-26(23,24)21-18(22)14-9-15(19)17(10-16(14)20)25-13-7-6-11-4-2-3-5-12(11)8-13/h2*6-10H,2-5H2,1H3,(H,21,22). The molecule has 0 radical (unpaired) electrons. The van der Waals surface area contributed by atoms with Gasteiger partial charge in [-0.3, -0.25) is 9.59 Å². The Hall–Kier alpha value is -4.24. The highest BCUT2D eigenvalue weighted by molar-refractivity contribution is 7.89. The Balaban J connectivity index is 0.000000201. The first-order chi connectivity index (χ1) is 24.5. The maximum atomic E-state index is 14.2. The molecule has 10 nitrogen and oxygen atoms in total. The summed E-state index contributed by atoms with van der Waals surface area (Å²) in [5.74, 6) is -2.81. The fourth-order valence-corrected chi connectivity index (χ4v) is 7.08. The van der Waals surface area contributed by atoms with E-state index >= 15 is 0 Å². The van der Waals surface area contributed by atoms with Crippen LogP contribution in [0.4, 0.5) is 8.78 Å². The number of hydrogen-bond donors (Lipinski definition) is 2. The van der Waals surface area contributed by atoms with E-state index in [9.17, 15) is 35.2 Å². The second kappa shape index (κ2) is 16.2. The average Bonchev–Trinajstić information content (AvgIpc) is 3.06. The molecule has 0 heterocycles. The van der Waals surface area contributed by atoms with Crippen LogP contribution in [-0.2, 0) is 45.7 Å². The Labute approximate surface area is 310 Å². The van der Waals surface area contributed by atoms with Gasteiger partial charge in [-0.25, -0.2) is 35.1 Å². The highest BCUT2D eigenvalue weighted by Gasteiger charge is 2.22. The first-order valence-corrected chi connectivity index (χ1v) is 20.6. The lowest BCUT2D eigenvalue weighted by Crippen LogP contribution is -2.30.